The molecule has 1 saturated heterocycles. The maximum absolute atomic E-state index is 13.5. The summed E-state index contributed by atoms with van der Waals surface area (Å²) in [6, 6.07) is -5.57. The number of carbonyl (C=O) groups excluding carboxylic acids is 5. The van der Waals surface area contributed by atoms with E-state index < -0.39 is 72.6 Å². The average Bonchev–Trinajstić information content (AvgIpc) is 3.51. The van der Waals surface area contributed by atoms with Crippen LogP contribution >= 0.6 is 0 Å². The largest absolute Gasteiger partial charge is 0.481 e. The van der Waals surface area contributed by atoms with E-state index in [-0.39, 0.29) is 30.6 Å². The van der Waals surface area contributed by atoms with Crippen LogP contribution < -0.4 is 27.0 Å². The summed E-state index contributed by atoms with van der Waals surface area (Å²) in [5.41, 5.74) is 5.60. The molecular formula is C30H52N6O9. The van der Waals surface area contributed by atoms with Gasteiger partial charge in [-0.1, -0.05) is 27.7 Å². The number of carboxylic acid groups (broad SMARTS) is 2. The quantitative estimate of drug-likeness (QED) is 0.0836. The Labute approximate surface area is 264 Å². The maximum Gasteiger partial charge on any atom is 0.326 e. The normalized spacial score (nSPS) is 15.6. The molecule has 0 unspecified atom stereocenters. The summed E-state index contributed by atoms with van der Waals surface area (Å²) in [4.78, 5) is 90.8. The first kappa shape index (κ1) is 39.3. The van der Waals surface area contributed by atoms with Crippen LogP contribution in [0.2, 0.25) is 0 Å². The smallest absolute Gasteiger partial charge is 0.326 e. The van der Waals surface area contributed by atoms with Crippen molar-refractivity contribution < 1.29 is 43.8 Å². The fourth-order valence-electron chi connectivity index (χ4n) is 5.08. The zero-order valence-corrected chi connectivity index (χ0v) is 26.9. The third-order valence-electron chi connectivity index (χ3n) is 7.74. The van der Waals surface area contributed by atoms with Crippen LogP contribution in [0.3, 0.4) is 0 Å². The zero-order valence-electron chi connectivity index (χ0n) is 26.9. The van der Waals surface area contributed by atoms with Gasteiger partial charge in [-0.2, -0.15) is 0 Å². The molecule has 15 nitrogen and oxygen atoms in total. The lowest BCUT2D eigenvalue weighted by Gasteiger charge is -2.27. The molecule has 45 heavy (non-hydrogen) atoms. The summed E-state index contributed by atoms with van der Waals surface area (Å²) in [5.74, 6) is -6.70. The number of nitrogens with two attached hydrogens (primary N) is 1. The highest BCUT2D eigenvalue weighted by atomic mass is 16.4. The van der Waals surface area contributed by atoms with Gasteiger partial charge in [-0.3, -0.25) is 28.8 Å². The number of nitrogens with zero attached hydrogens (tertiary/aromatic N) is 1. The average molecular weight is 641 g/mol. The van der Waals surface area contributed by atoms with Gasteiger partial charge in [-0.25, -0.2) is 4.79 Å². The van der Waals surface area contributed by atoms with E-state index in [2.05, 4.69) is 21.3 Å². The molecule has 5 amide bonds. The number of rotatable bonds is 21. The molecule has 0 bridgehead atoms. The van der Waals surface area contributed by atoms with Crippen molar-refractivity contribution in [1.82, 2.24) is 26.2 Å². The lowest BCUT2D eigenvalue weighted by Crippen LogP contribution is -2.59. The Morgan fingerprint density at radius 3 is 1.67 bits per heavy atom. The number of carbonyl (C=O) groups is 7. The fourth-order valence-corrected chi connectivity index (χ4v) is 5.08. The summed E-state index contributed by atoms with van der Waals surface area (Å²) >= 11 is 0. The van der Waals surface area contributed by atoms with Crippen molar-refractivity contribution in [3.8, 4) is 0 Å². The first-order chi connectivity index (χ1) is 21.2. The molecule has 0 radical (unpaired) electrons. The second-order valence-electron chi connectivity index (χ2n) is 11.9. The molecule has 0 spiro atoms. The molecule has 0 aromatic rings. The van der Waals surface area contributed by atoms with Crippen molar-refractivity contribution >= 4 is 41.5 Å². The van der Waals surface area contributed by atoms with Crippen LogP contribution in [-0.4, -0.2) is 100 Å². The Bertz CT molecular complexity index is 1030. The van der Waals surface area contributed by atoms with Crippen molar-refractivity contribution in [2.75, 3.05) is 19.6 Å². The molecule has 4 atom stereocenters. The molecule has 0 aromatic carbocycles. The van der Waals surface area contributed by atoms with E-state index in [1.807, 2.05) is 13.8 Å². The van der Waals surface area contributed by atoms with Crippen molar-refractivity contribution in [3.05, 3.63) is 0 Å². The minimum atomic E-state index is -1.69. The van der Waals surface area contributed by atoms with Crippen molar-refractivity contribution in [2.24, 2.45) is 17.6 Å². The van der Waals surface area contributed by atoms with Gasteiger partial charge in [0.05, 0.1) is 12.8 Å². The first-order valence-corrected chi connectivity index (χ1v) is 15.9. The molecule has 1 aliphatic heterocycles. The highest BCUT2D eigenvalue weighted by Crippen LogP contribution is 2.13. The number of likely N-dealkylation sites (tertiary alicyclic amines) is 1. The third kappa shape index (κ3) is 14.3. The first-order valence-electron chi connectivity index (χ1n) is 15.9. The van der Waals surface area contributed by atoms with Gasteiger partial charge in [-0.05, 0) is 63.8 Å². The second kappa shape index (κ2) is 20.3. The van der Waals surface area contributed by atoms with Crippen molar-refractivity contribution in [2.45, 2.75) is 116 Å². The Kier molecular flexibility index (Phi) is 17.7. The molecular weight excluding hydrogens is 588 g/mol. The molecule has 256 valence electrons. The molecule has 15 heteroatoms. The molecule has 1 heterocycles. The van der Waals surface area contributed by atoms with Crippen LogP contribution in [0.1, 0.15) is 91.9 Å². The van der Waals surface area contributed by atoms with Gasteiger partial charge in [-0.15, -0.1) is 0 Å². The monoisotopic (exact) mass is 640 g/mol. The molecule has 1 fully saturated rings. The molecule has 0 aromatic heterocycles. The zero-order chi connectivity index (χ0) is 34.1. The van der Waals surface area contributed by atoms with Gasteiger partial charge in [0.2, 0.25) is 29.5 Å². The van der Waals surface area contributed by atoms with Gasteiger partial charge >= 0.3 is 11.9 Å². The summed E-state index contributed by atoms with van der Waals surface area (Å²) in [6.07, 6.45) is 2.70. The Morgan fingerprint density at radius 1 is 0.711 bits per heavy atom. The van der Waals surface area contributed by atoms with E-state index in [9.17, 15) is 43.8 Å². The molecule has 0 aliphatic carbocycles. The number of hydrogen-bond acceptors (Lipinski definition) is 8. The standard InChI is InChI=1S/C30H52N6O9/c1-5-19(6-2)26(40)32-20(11-7-8-12-31)27(41)33-21(16-24(37)36-13-9-10-14-36)28(42)34-22(17-25(38)39)29(43)35-23(30(44)45)15-18(3)4/h18-23H,5-17,31H2,1-4H3,(H,32,40)(H,33,41)(H,34,42)(H,35,43)(H,38,39)(H,44,45)/t20-,21-,22-,23-/m0/s1. The van der Waals surface area contributed by atoms with Crippen LogP contribution in [0, 0.1) is 11.8 Å². The Balaban J connectivity index is 3.27. The fraction of sp³-hybridized carbons (Fsp3) is 0.767. The van der Waals surface area contributed by atoms with Crippen LogP contribution in [0.5, 0.6) is 0 Å². The highest BCUT2D eigenvalue weighted by Gasteiger charge is 2.35. The van der Waals surface area contributed by atoms with Crippen molar-refractivity contribution in [1.29, 1.82) is 0 Å². The third-order valence-corrected chi connectivity index (χ3v) is 7.74. The number of hydrogen-bond donors (Lipinski definition) is 7. The Hall–Kier alpha value is -3.75. The van der Waals surface area contributed by atoms with E-state index in [1.54, 1.807) is 18.7 Å². The Morgan fingerprint density at radius 2 is 1.20 bits per heavy atom. The minimum Gasteiger partial charge on any atom is -0.481 e. The summed E-state index contributed by atoms with van der Waals surface area (Å²) in [6.45, 7) is 8.53. The number of nitrogens with one attached hydrogen (secondary N) is 4. The van der Waals surface area contributed by atoms with E-state index in [1.165, 1.54) is 0 Å². The van der Waals surface area contributed by atoms with Gasteiger partial charge < -0.3 is 42.1 Å². The number of aliphatic carboxylic acids is 2. The van der Waals surface area contributed by atoms with Gasteiger partial charge in [0.1, 0.15) is 24.2 Å². The lowest BCUT2D eigenvalue weighted by atomic mass is 10.0. The van der Waals surface area contributed by atoms with Crippen LogP contribution in [0.15, 0.2) is 0 Å². The second-order valence-corrected chi connectivity index (χ2v) is 11.9. The summed E-state index contributed by atoms with van der Waals surface area (Å²) < 4.78 is 0. The maximum atomic E-state index is 13.5. The topological polar surface area (TPSA) is 237 Å². The molecule has 1 aliphatic rings. The van der Waals surface area contributed by atoms with E-state index >= 15 is 0 Å². The summed E-state index contributed by atoms with van der Waals surface area (Å²) in [5, 5.41) is 28.8. The predicted molar refractivity (Wildman–Crippen MR) is 164 cm³/mol. The number of amides is 5. The number of carboxylic acids is 2. The van der Waals surface area contributed by atoms with Crippen LogP contribution in [-0.2, 0) is 33.6 Å². The van der Waals surface area contributed by atoms with E-state index in [0.29, 0.717) is 45.3 Å². The number of unbranched alkanes of at least 4 members (excludes halogenated alkanes) is 1. The van der Waals surface area contributed by atoms with Crippen LogP contribution in [0.4, 0.5) is 0 Å². The molecule has 8 N–H and O–H groups in total. The molecule has 1 rings (SSSR count). The highest BCUT2D eigenvalue weighted by molar-refractivity contribution is 5.98. The van der Waals surface area contributed by atoms with Crippen LogP contribution in [0.25, 0.3) is 0 Å². The predicted octanol–water partition coefficient (Wildman–Crippen LogP) is 0.109. The SMILES string of the molecule is CCC(CC)C(=O)N[C@@H](CCCCN)C(=O)N[C@@H](CC(=O)N1CCCC1)C(=O)N[C@@H](CC(=O)O)C(=O)N[C@@H](CC(C)C)C(=O)O. The van der Waals surface area contributed by atoms with Gasteiger partial charge in [0, 0.05) is 19.0 Å². The molecule has 0 saturated carbocycles. The van der Waals surface area contributed by atoms with Crippen molar-refractivity contribution in [3.63, 3.8) is 0 Å². The van der Waals surface area contributed by atoms with Gasteiger partial charge in [0.25, 0.3) is 0 Å². The van der Waals surface area contributed by atoms with Gasteiger partial charge in [0.15, 0.2) is 0 Å². The van der Waals surface area contributed by atoms with E-state index in [0.717, 1.165) is 12.8 Å². The van der Waals surface area contributed by atoms with E-state index in [4.69, 9.17) is 5.73 Å². The lowest BCUT2D eigenvalue weighted by molar-refractivity contribution is -0.144. The summed E-state index contributed by atoms with van der Waals surface area (Å²) in [7, 11) is 0. The minimum absolute atomic E-state index is 0.0615.